The fourth-order valence-corrected chi connectivity index (χ4v) is 6.66. The van der Waals surface area contributed by atoms with Crippen molar-refractivity contribution in [2.45, 2.75) is 120 Å². The molecule has 0 amide bonds. The highest BCUT2D eigenvalue weighted by molar-refractivity contribution is 6.03. The molecule has 0 saturated heterocycles. The number of ketones is 4. The fraction of sp³-hybridized carbons (Fsp3) is 0.622. The molecule has 2 aliphatic rings. The van der Waals surface area contributed by atoms with Gasteiger partial charge in [-0.2, -0.15) is 0 Å². The first-order valence-electron chi connectivity index (χ1n) is 15.9. The van der Waals surface area contributed by atoms with Crippen LogP contribution in [0.15, 0.2) is 30.4 Å². The highest BCUT2D eigenvalue weighted by Gasteiger charge is 2.36. The molecule has 4 nitrogen and oxygen atoms in total. The lowest BCUT2D eigenvalue weighted by Gasteiger charge is -2.33. The summed E-state index contributed by atoms with van der Waals surface area (Å²) in [5.41, 5.74) is 4.80. The van der Waals surface area contributed by atoms with Crippen LogP contribution in [0.25, 0.3) is 5.57 Å². The monoisotopic (exact) mass is 562 g/mol. The van der Waals surface area contributed by atoms with Gasteiger partial charge in [0.25, 0.3) is 0 Å². The minimum Gasteiger partial charge on any atom is -0.300 e. The van der Waals surface area contributed by atoms with Crippen LogP contribution >= 0.6 is 0 Å². The molecule has 226 valence electrons. The number of Topliss-reactive ketones (excluding diaryl/α,β-unsaturated/α-hetero) is 4. The molecule has 1 aromatic rings. The molecule has 1 aromatic carbocycles. The van der Waals surface area contributed by atoms with E-state index >= 15 is 0 Å². The average molecular weight is 563 g/mol. The number of carbonyl (C=O) groups excluding carboxylic acids is 4. The highest BCUT2D eigenvalue weighted by atomic mass is 16.1. The minimum atomic E-state index is -0.280. The summed E-state index contributed by atoms with van der Waals surface area (Å²) in [6, 6.07) is 4.11. The van der Waals surface area contributed by atoms with Crippen LogP contribution in [0, 0.1) is 36.0 Å². The lowest BCUT2D eigenvalue weighted by atomic mass is 9.70. The SMILES string of the molecule is CCC.CCCC(CC1CC(=O)c2c(C)ccc(C3=CC=CC3C(=O)CC(C)(C)C)c2C1)C(CC)C(=O)CC(C)=O. The summed E-state index contributed by atoms with van der Waals surface area (Å²) in [5.74, 6) is 0.218. The molecule has 0 bridgehead atoms. The van der Waals surface area contributed by atoms with Gasteiger partial charge >= 0.3 is 0 Å². The van der Waals surface area contributed by atoms with Crippen molar-refractivity contribution in [3.8, 4) is 0 Å². The van der Waals surface area contributed by atoms with Crippen molar-refractivity contribution in [2.75, 3.05) is 0 Å². The predicted octanol–water partition coefficient (Wildman–Crippen LogP) is 9.11. The molecule has 3 rings (SSSR count). The van der Waals surface area contributed by atoms with Gasteiger partial charge in [0.2, 0.25) is 0 Å². The molecule has 0 radical (unpaired) electrons. The summed E-state index contributed by atoms with van der Waals surface area (Å²) < 4.78 is 0. The summed E-state index contributed by atoms with van der Waals surface area (Å²) in [7, 11) is 0. The van der Waals surface area contributed by atoms with E-state index in [-0.39, 0.29) is 58.6 Å². The van der Waals surface area contributed by atoms with Crippen molar-refractivity contribution in [1.29, 1.82) is 0 Å². The smallest absolute Gasteiger partial charge is 0.163 e. The largest absolute Gasteiger partial charge is 0.300 e. The normalized spacial score (nSPS) is 19.5. The number of carbonyl (C=O) groups is 4. The Morgan fingerprint density at radius 1 is 1.02 bits per heavy atom. The van der Waals surface area contributed by atoms with Crippen LogP contribution < -0.4 is 0 Å². The molecule has 0 heterocycles. The van der Waals surface area contributed by atoms with Crippen LogP contribution in [-0.4, -0.2) is 23.1 Å². The van der Waals surface area contributed by atoms with Gasteiger partial charge in [-0.3, -0.25) is 19.2 Å². The number of fused-ring (bicyclic) bond motifs is 1. The average Bonchev–Trinajstić information content (AvgIpc) is 3.33. The Morgan fingerprint density at radius 3 is 2.24 bits per heavy atom. The van der Waals surface area contributed by atoms with E-state index in [0.717, 1.165) is 53.5 Å². The summed E-state index contributed by atoms with van der Waals surface area (Å²) in [5, 5.41) is 0. The van der Waals surface area contributed by atoms with Crippen LogP contribution in [0.4, 0.5) is 0 Å². The van der Waals surface area contributed by atoms with Crippen LogP contribution in [-0.2, 0) is 20.8 Å². The second kappa shape index (κ2) is 15.6. The number of hydrogen-bond donors (Lipinski definition) is 0. The van der Waals surface area contributed by atoms with E-state index in [1.54, 1.807) is 0 Å². The Morgan fingerprint density at radius 2 is 1.68 bits per heavy atom. The summed E-state index contributed by atoms with van der Waals surface area (Å²) in [6.45, 7) is 18.1. The quantitative estimate of drug-likeness (QED) is 0.238. The third-order valence-corrected chi connectivity index (χ3v) is 8.18. The maximum Gasteiger partial charge on any atom is 0.163 e. The Bertz CT molecular complexity index is 1160. The predicted molar refractivity (Wildman–Crippen MR) is 170 cm³/mol. The molecule has 0 saturated carbocycles. The third kappa shape index (κ3) is 9.45. The van der Waals surface area contributed by atoms with E-state index in [9.17, 15) is 19.2 Å². The lowest BCUT2D eigenvalue weighted by Crippen LogP contribution is -2.30. The van der Waals surface area contributed by atoms with Crippen molar-refractivity contribution in [3.05, 3.63) is 52.6 Å². The Hall–Kier alpha value is -2.62. The van der Waals surface area contributed by atoms with Crippen molar-refractivity contribution in [2.24, 2.45) is 29.1 Å². The zero-order chi connectivity index (χ0) is 30.9. The van der Waals surface area contributed by atoms with Gasteiger partial charge in [0, 0.05) is 24.3 Å². The second-order valence-corrected chi connectivity index (χ2v) is 13.5. The molecule has 41 heavy (non-hydrogen) atoms. The highest BCUT2D eigenvalue weighted by Crippen LogP contribution is 2.42. The summed E-state index contributed by atoms with van der Waals surface area (Å²) in [6.07, 6.45) is 12.4. The van der Waals surface area contributed by atoms with Crippen molar-refractivity contribution >= 4 is 28.7 Å². The maximum atomic E-state index is 13.5. The van der Waals surface area contributed by atoms with Gasteiger partial charge in [-0.05, 0) is 72.6 Å². The number of rotatable bonds is 12. The van der Waals surface area contributed by atoms with Gasteiger partial charge in [-0.1, -0.05) is 98.1 Å². The topological polar surface area (TPSA) is 68.3 Å². The molecule has 0 N–H and O–H groups in total. The van der Waals surface area contributed by atoms with E-state index in [1.807, 2.05) is 38.1 Å². The Balaban J connectivity index is 0.00000187. The van der Waals surface area contributed by atoms with E-state index in [0.29, 0.717) is 19.3 Å². The zero-order valence-corrected chi connectivity index (χ0v) is 27.2. The van der Waals surface area contributed by atoms with Crippen LogP contribution in [0.5, 0.6) is 0 Å². The minimum absolute atomic E-state index is 0.000365. The molecular formula is C37H54O4. The molecule has 2 aliphatic carbocycles. The van der Waals surface area contributed by atoms with Crippen molar-refractivity contribution in [3.63, 3.8) is 0 Å². The van der Waals surface area contributed by atoms with Crippen LogP contribution in [0.1, 0.15) is 134 Å². The van der Waals surface area contributed by atoms with E-state index in [2.05, 4.69) is 47.6 Å². The molecule has 0 spiro atoms. The van der Waals surface area contributed by atoms with Gasteiger partial charge in [-0.15, -0.1) is 0 Å². The fourth-order valence-electron chi connectivity index (χ4n) is 6.66. The van der Waals surface area contributed by atoms with Crippen LogP contribution in [0.2, 0.25) is 0 Å². The molecule has 0 fully saturated rings. The molecule has 0 aromatic heterocycles. The van der Waals surface area contributed by atoms with E-state index in [1.165, 1.54) is 13.3 Å². The summed E-state index contributed by atoms with van der Waals surface area (Å²) >= 11 is 0. The first kappa shape index (κ1) is 34.6. The Kier molecular flexibility index (Phi) is 13.1. The van der Waals surface area contributed by atoms with E-state index < -0.39 is 0 Å². The molecule has 0 aliphatic heterocycles. The van der Waals surface area contributed by atoms with Crippen molar-refractivity contribution in [1.82, 2.24) is 0 Å². The second-order valence-electron chi connectivity index (χ2n) is 13.5. The van der Waals surface area contributed by atoms with Gasteiger partial charge in [0.15, 0.2) is 5.78 Å². The van der Waals surface area contributed by atoms with Gasteiger partial charge in [-0.25, -0.2) is 0 Å². The number of allylic oxidation sites excluding steroid dienone is 4. The molecule has 4 atom stereocenters. The van der Waals surface area contributed by atoms with Gasteiger partial charge < -0.3 is 0 Å². The number of benzene rings is 1. The van der Waals surface area contributed by atoms with Crippen LogP contribution in [0.3, 0.4) is 0 Å². The van der Waals surface area contributed by atoms with Gasteiger partial charge in [0.05, 0.1) is 12.3 Å². The van der Waals surface area contributed by atoms with E-state index in [4.69, 9.17) is 0 Å². The zero-order valence-electron chi connectivity index (χ0n) is 27.2. The number of hydrogen-bond acceptors (Lipinski definition) is 4. The molecule has 4 heteroatoms. The first-order chi connectivity index (χ1) is 19.3. The maximum absolute atomic E-state index is 13.5. The third-order valence-electron chi connectivity index (χ3n) is 8.18. The summed E-state index contributed by atoms with van der Waals surface area (Å²) in [4.78, 5) is 51.4. The van der Waals surface area contributed by atoms with Crippen molar-refractivity contribution < 1.29 is 19.2 Å². The Labute approximate surface area is 249 Å². The number of aryl methyl sites for hydroxylation is 1. The van der Waals surface area contributed by atoms with Gasteiger partial charge in [0.1, 0.15) is 17.3 Å². The first-order valence-corrected chi connectivity index (χ1v) is 15.9. The lowest BCUT2D eigenvalue weighted by molar-refractivity contribution is -0.130. The molecular weight excluding hydrogens is 508 g/mol. The molecule has 4 unspecified atom stereocenters. The standard InChI is InChI=1S/C34H46O4.C3H8/c1-8-11-24(25(9-2)30(36)16-22(4)35)17-23-18-29-27(15-14-21(3)33(29)31(37)19-23)26-12-10-13-28(26)32(38)20-34(5,6)7;1-3-2/h10,12-15,23-25,28H,8-9,11,16-20H2,1-7H3;3H2,1-2H3.